The van der Waals surface area contributed by atoms with Gasteiger partial charge in [-0.1, -0.05) is 60.7 Å². The van der Waals surface area contributed by atoms with Crippen molar-refractivity contribution in [2.75, 3.05) is 0 Å². The molecular formula is C18H15F3O2. The smallest absolute Gasteiger partial charge is 0.416 e. The molecule has 0 saturated carbocycles. The number of rotatable bonds is 4. The normalized spacial score (nSPS) is 13.5. The number of alkyl halides is 3. The first kappa shape index (κ1) is 16.8. The summed E-state index contributed by atoms with van der Waals surface area (Å²) in [6.07, 6.45) is -5.14. The second-order valence-electron chi connectivity index (χ2n) is 4.91. The summed E-state index contributed by atoms with van der Waals surface area (Å²) in [4.78, 5) is 11.3. The van der Waals surface area contributed by atoms with Gasteiger partial charge in [-0.05, 0) is 17.2 Å². The van der Waals surface area contributed by atoms with Crippen molar-refractivity contribution in [3.05, 3.63) is 77.4 Å². The average molecular weight is 320 g/mol. The molecule has 0 bridgehead atoms. The van der Waals surface area contributed by atoms with Crippen LogP contribution in [0.1, 0.15) is 24.2 Å². The van der Waals surface area contributed by atoms with E-state index in [4.69, 9.17) is 4.74 Å². The molecule has 0 amide bonds. The molecule has 0 saturated heterocycles. The molecule has 0 fully saturated rings. The Morgan fingerprint density at radius 2 is 1.52 bits per heavy atom. The van der Waals surface area contributed by atoms with Gasteiger partial charge < -0.3 is 4.74 Å². The Bertz CT molecular complexity index is 676. The first-order valence-corrected chi connectivity index (χ1v) is 6.94. The molecule has 2 aromatic rings. The van der Waals surface area contributed by atoms with Crippen molar-refractivity contribution in [3.8, 4) is 0 Å². The zero-order chi connectivity index (χ0) is 16.9. The van der Waals surface area contributed by atoms with Crippen molar-refractivity contribution in [2.45, 2.75) is 19.2 Å². The zero-order valence-corrected chi connectivity index (χ0v) is 12.4. The van der Waals surface area contributed by atoms with E-state index in [9.17, 15) is 18.0 Å². The quantitative estimate of drug-likeness (QED) is 0.746. The third kappa shape index (κ3) is 4.71. The highest BCUT2D eigenvalue weighted by molar-refractivity contribution is 5.67. The lowest BCUT2D eigenvalue weighted by atomic mass is 9.98. The maximum absolute atomic E-state index is 13.5. The number of halogens is 3. The standard InChI is InChI=1S/C18H15F3O2/c1-13(22)23-17(15-10-6-3-7-11-15)16(18(19,20)21)12-14-8-4-2-5-9-14/h2-12,17H,1H3/b16-12+. The molecule has 0 heterocycles. The number of esters is 1. The molecule has 5 heteroatoms. The van der Waals surface area contributed by atoms with Crippen LogP contribution in [0.2, 0.25) is 0 Å². The first-order chi connectivity index (χ1) is 10.9. The van der Waals surface area contributed by atoms with Crippen LogP contribution in [0.5, 0.6) is 0 Å². The first-order valence-electron chi connectivity index (χ1n) is 6.94. The van der Waals surface area contributed by atoms with E-state index >= 15 is 0 Å². The molecule has 0 N–H and O–H groups in total. The fourth-order valence-electron chi connectivity index (χ4n) is 2.14. The summed E-state index contributed by atoms with van der Waals surface area (Å²) in [5.41, 5.74) is -0.278. The van der Waals surface area contributed by atoms with Gasteiger partial charge in [0.1, 0.15) is 0 Å². The summed E-state index contributed by atoms with van der Waals surface area (Å²) in [7, 11) is 0. The molecule has 0 aliphatic carbocycles. The lowest BCUT2D eigenvalue weighted by molar-refractivity contribution is -0.150. The van der Waals surface area contributed by atoms with E-state index in [1.54, 1.807) is 48.5 Å². The molecule has 0 aromatic heterocycles. The number of carbonyl (C=O) groups is 1. The van der Waals surface area contributed by atoms with Gasteiger partial charge in [-0.25, -0.2) is 0 Å². The topological polar surface area (TPSA) is 26.3 Å². The van der Waals surface area contributed by atoms with Gasteiger partial charge >= 0.3 is 12.1 Å². The minimum Gasteiger partial charge on any atom is -0.453 e. The van der Waals surface area contributed by atoms with Gasteiger partial charge in [0.05, 0.1) is 5.57 Å². The lowest BCUT2D eigenvalue weighted by Crippen LogP contribution is -2.22. The highest BCUT2D eigenvalue weighted by Crippen LogP contribution is 2.39. The molecule has 2 aromatic carbocycles. The van der Waals surface area contributed by atoms with Gasteiger partial charge in [0.2, 0.25) is 0 Å². The summed E-state index contributed by atoms with van der Waals surface area (Å²) >= 11 is 0. The Balaban J connectivity index is 2.53. The number of hydrogen-bond acceptors (Lipinski definition) is 2. The Kier molecular flexibility index (Phi) is 5.21. The second-order valence-corrected chi connectivity index (χ2v) is 4.91. The second kappa shape index (κ2) is 7.13. The fraction of sp³-hybridized carbons (Fsp3) is 0.167. The average Bonchev–Trinajstić information content (AvgIpc) is 2.51. The van der Waals surface area contributed by atoms with Crippen molar-refractivity contribution < 1.29 is 22.7 Å². The summed E-state index contributed by atoms with van der Waals surface area (Å²) < 4.78 is 45.6. The summed E-state index contributed by atoms with van der Waals surface area (Å²) in [6.45, 7) is 1.09. The molecule has 0 aliphatic rings. The molecule has 0 aliphatic heterocycles. The summed E-state index contributed by atoms with van der Waals surface area (Å²) in [6, 6.07) is 16.0. The lowest BCUT2D eigenvalue weighted by Gasteiger charge is -2.23. The molecule has 23 heavy (non-hydrogen) atoms. The van der Waals surface area contributed by atoms with Crippen LogP contribution in [0.15, 0.2) is 66.2 Å². The van der Waals surface area contributed by atoms with Crippen LogP contribution in [-0.4, -0.2) is 12.1 Å². The molecule has 1 atom stereocenters. The maximum Gasteiger partial charge on any atom is 0.416 e. The fourth-order valence-corrected chi connectivity index (χ4v) is 2.14. The summed E-state index contributed by atoms with van der Waals surface area (Å²) in [5, 5.41) is 0. The molecule has 2 rings (SSSR count). The van der Waals surface area contributed by atoms with Gasteiger partial charge in [0.25, 0.3) is 0 Å². The maximum atomic E-state index is 13.5. The number of ether oxygens (including phenoxy) is 1. The van der Waals surface area contributed by atoms with Crippen LogP contribution in [-0.2, 0) is 9.53 Å². The number of benzene rings is 2. The van der Waals surface area contributed by atoms with Crippen LogP contribution >= 0.6 is 0 Å². The van der Waals surface area contributed by atoms with Gasteiger partial charge in [0, 0.05) is 6.92 Å². The van der Waals surface area contributed by atoms with E-state index in [2.05, 4.69) is 0 Å². The van der Waals surface area contributed by atoms with Crippen LogP contribution in [0.3, 0.4) is 0 Å². The SMILES string of the molecule is CC(=O)OC(/C(=C\c1ccccc1)C(F)(F)F)c1ccccc1. The van der Waals surface area contributed by atoms with Crippen molar-refractivity contribution >= 4 is 12.0 Å². The van der Waals surface area contributed by atoms with E-state index < -0.39 is 23.8 Å². The van der Waals surface area contributed by atoms with Gasteiger partial charge in [-0.3, -0.25) is 4.79 Å². The molecule has 120 valence electrons. The van der Waals surface area contributed by atoms with Crippen LogP contribution in [0.4, 0.5) is 13.2 Å². The Morgan fingerprint density at radius 1 is 1.00 bits per heavy atom. The van der Waals surface area contributed by atoms with Gasteiger partial charge in [-0.2, -0.15) is 13.2 Å². The predicted molar refractivity (Wildman–Crippen MR) is 81.4 cm³/mol. The van der Waals surface area contributed by atoms with Gasteiger partial charge in [-0.15, -0.1) is 0 Å². The van der Waals surface area contributed by atoms with E-state index in [-0.39, 0.29) is 5.56 Å². The van der Waals surface area contributed by atoms with E-state index in [1.807, 2.05) is 0 Å². The third-order valence-electron chi connectivity index (χ3n) is 3.12. The Labute approximate surface area is 132 Å². The Morgan fingerprint density at radius 3 is 2.00 bits per heavy atom. The van der Waals surface area contributed by atoms with Gasteiger partial charge in [0.15, 0.2) is 6.10 Å². The van der Waals surface area contributed by atoms with Crippen LogP contribution in [0.25, 0.3) is 6.08 Å². The van der Waals surface area contributed by atoms with E-state index in [0.717, 1.165) is 13.0 Å². The third-order valence-corrected chi connectivity index (χ3v) is 3.12. The van der Waals surface area contributed by atoms with Crippen LogP contribution < -0.4 is 0 Å². The summed E-state index contributed by atoms with van der Waals surface area (Å²) in [5.74, 6) is -0.776. The molecule has 0 radical (unpaired) electrons. The molecular weight excluding hydrogens is 305 g/mol. The van der Waals surface area contributed by atoms with Crippen LogP contribution in [0, 0.1) is 0 Å². The predicted octanol–water partition coefficient (Wildman–Crippen LogP) is 4.94. The monoisotopic (exact) mass is 320 g/mol. The highest BCUT2D eigenvalue weighted by atomic mass is 19.4. The minimum atomic E-state index is -4.63. The van der Waals surface area contributed by atoms with E-state index in [1.165, 1.54) is 12.1 Å². The molecule has 0 spiro atoms. The van der Waals surface area contributed by atoms with Crippen molar-refractivity contribution in [1.82, 2.24) is 0 Å². The van der Waals surface area contributed by atoms with Crippen molar-refractivity contribution in [1.29, 1.82) is 0 Å². The largest absolute Gasteiger partial charge is 0.453 e. The highest BCUT2D eigenvalue weighted by Gasteiger charge is 2.41. The van der Waals surface area contributed by atoms with Crippen molar-refractivity contribution in [2.24, 2.45) is 0 Å². The molecule has 1 unspecified atom stereocenters. The number of hydrogen-bond donors (Lipinski definition) is 0. The number of carbonyl (C=O) groups excluding carboxylic acids is 1. The van der Waals surface area contributed by atoms with E-state index in [0.29, 0.717) is 5.56 Å². The molecule has 2 nitrogen and oxygen atoms in total. The Hall–Kier alpha value is -2.56. The van der Waals surface area contributed by atoms with Crippen molar-refractivity contribution in [3.63, 3.8) is 0 Å². The minimum absolute atomic E-state index is 0.266. The zero-order valence-electron chi connectivity index (χ0n) is 12.4.